The van der Waals surface area contributed by atoms with Gasteiger partial charge in [-0.05, 0) is 37.6 Å². The number of hydrogen-bond donors (Lipinski definition) is 1. The number of aromatic amines is 1. The van der Waals surface area contributed by atoms with Crippen LogP contribution >= 0.6 is 0 Å². The summed E-state index contributed by atoms with van der Waals surface area (Å²) in [6.45, 7) is 5.08. The quantitative estimate of drug-likeness (QED) is 0.922. The molecule has 1 aromatic heterocycles. The lowest BCUT2D eigenvalue weighted by Gasteiger charge is -2.17. The number of aryl methyl sites for hydroxylation is 1. The van der Waals surface area contributed by atoms with Crippen LogP contribution in [0.4, 0.5) is 0 Å². The molecule has 0 saturated carbocycles. The largest absolute Gasteiger partial charge is 0.497 e. The van der Waals surface area contributed by atoms with Crippen molar-refractivity contribution in [2.75, 3.05) is 27.3 Å². The first-order chi connectivity index (χ1) is 10.7. The molecule has 1 saturated heterocycles. The van der Waals surface area contributed by atoms with E-state index in [4.69, 9.17) is 9.47 Å². The van der Waals surface area contributed by atoms with E-state index in [9.17, 15) is 0 Å². The predicted molar refractivity (Wildman–Crippen MR) is 85.5 cm³/mol. The smallest absolute Gasteiger partial charge is 0.122 e. The fraction of sp³-hybridized carbons (Fsp3) is 0.471. The number of nitrogens with one attached hydrogen (secondary N) is 1. The van der Waals surface area contributed by atoms with Crippen molar-refractivity contribution in [3.8, 4) is 11.5 Å². The summed E-state index contributed by atoms with van der Waals surface area (Å²) >= 11 is 0. The Morgan fingerprint density at radius 2 is 1.95 bits per heavy atom. The molecular weight excluding hydrogens is 278 g/mol. The molecule has 1 N–H and O–H groups in total. The van der Waals surface area contributed by atoms with Crippen molar-refractivity contribution >= 4 is 0 Å². The molecule has 0 spiro atoms. The van der Waals surface area contributed by atoms with Crippen LogP contribution in [0.15, 0.2) is 24.4 Å². The Kier molecular flexibility index (Phi) is 4.34. The maximum Gasteiger partial charge on any atom is 0.122 e. The molecule has 1 atom stereocenters. The molecule has 2 aromatic rings. The third-order valence-electron chi connectivity index (χ3n) is 4.20. The zero-order valence-corrected chi connectivity index (χ0v) is 13.4. The van der Waals surface area contributed by atoms with Crippen LogP contribution in [0.3, 0.4) is 0 Å². The van der Waals surface area contributed by atoms with Crippen molar-refractivity contribution in [3.63, 3.8) is 0 Å². The predicted octanol–water partition coefficient (Wildman–Crippen LogP) is 2.72. The van der Waals surface area contributed by atoms with Crippen molar-refractivity contribution in [1.29, 1.82) is 0 Å². The van der Waals surface area contributed by atoms with Gasteiger partial charge in [-0.15, -0.1) is 0 Å². The van der Waals surface area contributed by atoms with Gasteiger partial charge in [0, 0.05) is 37.0 Å². The summed E-state index contributed by atoms with van der Waals surface area (Å²) in [5, 5.41) is 0. The first kappa shape index (κ1) is 14.9. The molecule has 1 aromatic carbocycles. The van der Waals surface area contributed by atoms with E-state index in [0.29, 0.717) is 5.92 Å². The molecule has 1 aliphatic heterocycles. The fourth-order valence-electron chi connectivity index (χ4n) is 3.06. The third kappa shape index (κ3) is 3.25. The van der Waals surface area contributed by atoms with Crippen molar-refractivity contribution in [3.05, 3.63) is 41.5 Å². The summed E-state index contributed by atoms with van der Waals surface area (Å²) in [5.41, 5.74) is 2.35. The van der Waals surface area contributed by atoms with Gasteiger partial charge in [-0.25, -0.2) is 4.98 Å². The summed E-state index contributed by atoms with van der Waals surface area (Å²) in [7, 11) is 3.37. The van der Waals surface area contributed by atoms with Crippen LogP contribution in [0, 0.1) is 6.92 Å². The lowest BCUT2D eigenvalue weighted by molar-refractivity contribution is 0.323. The van der Waals surface area contributed by atoms with Crippen LogP contribution in [0.1, 0.15) is 29.4 Å². The van der Waals surface area contributed by atoms with Gasteiger partial charge in [-0.3, -0.25) is 4.90 Å². The minimum absolute atomic E-state index is 0.501. The van der Waals surface area contributed by atoms with E-state index >= 15 is 0 Å². The Morgan fingerprint density at radius 3 is 2.55 bits per heavy atom. The summed E-state index contributed by atoms with van der Waals surface area (Å²) < 4.78 is 10.7. The van der Waals surface area contributed by atoms with Crippen LogP contribution in [0.5, 0.6) is 11.5 Å². The number of rotatable bonds is 5. The number of hydrogen-bond acceptors (Lipinski definition) is 4. The molecule has 2 heterocycles. The SMILES string of the molecule is COc1cc(CN2CC[C@@H](c3ncc(C)[nH]3)C2)cc(OC)c1. The molecule has 0 unspecified atom stereocenters. The van der Waals surface area contributed by atoms with E-state index in [2.05, 4.69) is 27.0 Å². The van der Waals surface area contributed by atoms with Crippen LogP contribution in [0.2, 0.25) is 0 Å². The number of imidazole rings is 1. The van der Waals surface area contributed by atoms with Gasteiger partial charge >= 0.3 is 0 Å². The van der Waals surface area contributed by atoms with Crippen LogP contribution in [-0.2, 0) is 6.54 Å². The lowest BCUT2D eigenvalue weighted by Crippen LogP contribution is -2.20. The Balaban J connectivity index is 1.67. The van der Waals surface area contributed by atoms with Gasteiger partial charge in [0.2, 0.25) is 0 Å². The number of methoxy groups -OCH3 is 2. The fourth-order valence-corrected chi connectivity index (χ4v) is 3.06. The molecule has 1 fully saturated rings. The van der Waals surface area contributed by atoms with Crippen molar-refractivity contribution in [2.24, 2.45) is 0 Å². The van der Waals surface area contributed by atoms with Gasteiger partial charge in [0.25, 0.3) is 0 Å². The summed E-state index contributed by atoms with van der Waals surface area (Å²) in [4.78, 5) is 10.3. The van der Waals surface area contributed by atoms with Crippen LogP contribution in [-0.4, -0.2) is 42.2 Å². The minimum atomic E-state index is 0.501. The molecule has 118 valence electrons. The van der Waals surface area contributed by atoms with E-state index in [1.807, 2.05) is 19.2 Å². The van der Waals surface area contributed by atoms with Gasteiger partial charge in [-0.2, -0.15) is 0 Å². The number of likely N-dealkylation sites (tertiary alicyclic amines) is 1. The second-order valence-corrected chi connectivity index (χ2v) is 5.89. The van der Waals surface area contributed by atoms with Crippen molar-refractivity contribution < 1.29 is 9.47 Å². The molecule has 5 nitrogen and oxygen atoms in total. The van der Waals surface area contributed by atoms with E-state index in [0.717, 1.165) is 49.1 Å². The van der Waals surface area contributed by atoms with Crippen LogP contribution in [0.25, 0.3) is 0 Å². The highest BCUT2D eigenvalue weighted by molar-refractivity contribution is 5.38. The molecule has 22 heavy (non-hydrogen) atoms. The molecule has 3 rings (SSSR count). The van der Waals surface area contributed by atoms with Crippen LogP contribution < -0.4 is 9.47 Å². The third-order valence-corrected chi connectivity index (χ3v) is 4.20. The topological polar surface area (TPSA) is 50.4 Å². The van der Waals surface area contributed by atoms with Crippen molar-refractivity contribution in [2.45, 2.75) is 25.8 Å². The maximum absolute atomic E-state index is 5.34. The average molecular weight is 301 g/mol. The molecule has 0 radical (unpaired) electrons. The standard InChI is InChI=1S/C17H23N3O2/c1-12-9-18-17(19-12)14-4-5-20(11-14)10-13-6-15(21-2)8-16(7-13)22-3/h6-9,14H,4-5,10-11H2,1-3H3,(H,18,19)/t14-/m1/s1. The Morgan fingerprint density at radius 1 is 1.23 bits per heavy atom. The molecule has 1 aliphatic rings. The highest BCUT2D eigenvalue weighted by Gasteiger charge is 2.25. The highest BCUT2D eigenvalue weighted by atomic mass is 16.5. The molecule has 5 heteroatoms. The van der Waals surface area contributed by atoms with E-state index in [1.54, 1.807) is 14.2 Å². The van der Waals surface area contributed by atoms with E-state index in [1.165, 1.54) is 5.56 Å². The van der Waals surface area contributed by atoms with E-state index in [-0.39, 0.29) is 0 Å². The Labute approximate surface area is 131 Å². The van der Waals surface area contributed by atoms with Gasteiger partial charge in [0.05, 0.1) is 14.2 Å². The second-order valence-electron chi connectivity index (χ2n) is 5.89. The number of H-pyrrole nitrogens is 1. The minimum Gasteiger partial charge on any atom is -0.497 e. The van der Waals surface area contributed by atoms with E-state index < -0.39 is 0 Å². The number of benzene rings is 1. The lowest BCUT2D eigenvalue weighted by atomic mass is 10.1. The number of nitrogens with zero attached hydrogens (tertiary/aromatic N) is 2. The van der Waals surface area contributed by atoms with Gasteiger partial charge in [0.15, 0.2) is 0 Å². The number of aromatic nitrogens is 2. The second kappa shape index (κ2) is 6.40. The zero-order chi connectivity index (χ0) is 15.5. The summed E-state index contributed by atoms with van der Waals surface area (Å²) in [6.07, 6.45) is 3.05. The molecular formula is C17H23N3O2. The first-order valence-corrected chi connectivity index (χ1v) is 7.63. The monoisotopic (exact) mass is 301 g/mol. The van der Waals surface area contributed by atoms with Gasteiger partial charge in [-0.1, -0.05) is 0 Å². The van der Waals surface area contributed by atoms with Gasteiger partial charge in [0.1, 0.15) is 17.3 Å². The zero-order valence-electron chi connectivity index (χ0n) is 13.4. The Bertz CT molecular complexity index is 616. The first-order valence-electron chi connectivity index (χ1n) is 7.63. The summed E-state index contributed by atoms with van der Waals surface area (Å²) in [5.74, 6) is 3.29. The van der Waals surface area contributed by atoms with Crippen molar-refractivity contribution in [1.82, 2.24) is 14.9 Å². The number of ether oxygens (including phenoxy) is 2. The molecule has 0 aliphatic carbocycles. The Hall–Kier alpha value is -2.01. The highest BCUT2D eigenvalue weighted by Crippen LogP contribution is 2.28. The average Bonchev–Trinajstić information content (AvgIpc) is 3.15. The molecule has 0 amide bonds. The van der Waals surface area contributed by atoms with Gasteiger partial charge < -0.3 is 14.5 Å². The molecule has 0 bridgehead atoms. The summed E-state index contributed by atoms with van der Waals surface area (Å²) in [6, 6.07) is 6.06. The normalized spacial score (nSPS) is 18.6. The maximum atomic E-state index is 5.34.